The lowest BCUT2D eigenvalue weighted by Gasteiger charge is -2.30. The van der Waals surface area contributed by atoms with Gasteiger partial charge >= 0.3 is 0 Å². The summed E-state index contributed by atoms with van der Waals surface area (Å²) in [5.74, 6) is -0.408. The molecule has 1 atom stereocenters. The fourth-order valence-corrected chi connectivity index (χ4v) is 4.45. The van der Waals surface area contributed by atoms with E-state index in [2.05, 4.69) is 5.32 Å². The summed E-state index contributed by atoms with van der Waals surface area (Å²) in [5.41, 5.74) is 2.53. The van der Waals surface area contributed by atoms with Crippen LogP contribution in [0.3, 0.4) is 0 Å². The number of sulfonamides is 1. The highest BCUT2D eigenvalue weighted by atomic mass is 32.2. The Morgan fingerprint density at radius 3 is 2.12 bits per heavy atom. The Hall–Kier alpha value is -2.87. The molecule has 2 aromatic rings. The summed E-state index contributed by atoms with van der Waals surface area (Å²) in [4.78, 5) is 27.4. The van der Waals surface area contributed by atoms with Gasteiger partial charge in [0.05, 0.1) is 11.9 Å². The number of carbonyl (C=O) groups is 2. The third-order valence-corrected chi connectivity index (χ3v) is 6.46. The number of nitrogens with zero attached hydrogens (tertiary/aromatic N) is 2. The normalized spacial score (nSPS) is 12.3. The van der Waals surface area contributed by atoms with Gasteiger partial charge in [-0.3, -0.25) is 13.9 Å². The summed E-state index contributed by atoms with van der Waals surface area (Å²) in [5, 5.41) is 2.86. The predicted molar refractivity (Wildman–Crippen MR) is 132 cm³/mol. The van der Waals surface area contributed by atoms with Crippen LogP contribution in [-0.4, -0.2) is 50.0 Å². The molecular formula is C25H35N3O4S. The number of carbonyl (C=O) groups excluding carboxylic acids is 2. The summed E-state index contributed by atoms with van der Waals surface area (Å²) < 4.78 is 26.0. The van der Waals surface area contributed by atoms with Crippen LogP contribution in [0.5, 0.6) is 0 Å². The molecule has 0 aromatic heterocycles. The lowest BCUT2D eigenvalue weighted by molar-refractivity contribution is -0.140. The minimum absolute atomic E-state index is 0.0357. The summed E-state index contributed by atoms with van der Waals surface area (Å²) in [6.07, 6.45) is 1.63. The highest BCUT2D eigenvalue weighted by Gasteiger charge is 2.27. The average Bonchev–Trinajstić information content (AvgIpc) is 2.74. The Labute approximate surface area is 197 Å². The van der Waals surface area contributed by atoms with E-state index in [0.29, 0.717) is 18.7 Å². The van der Waals surface area contributed by atoms with Gasteiger partial charge in [0, 0.05) is 25.6 Å². The summed E-state index contributed by atoms with van der Waals surface area (Å²) >= 11 is 0. The van der Waals surface area contributed by atoms with Gasteiger partial charge in [-0.15, -0.1) is 0 Å². The summed E-state index contributed by atoms with van der Waals surface area (Å²) in [6, 6.07) is 16.1. The van der Waals surface area contributed by atoms with Gasteiger partial charge in [-0.2, -0.15) is 0 Å². The smallest absolute Gasteiger partial charge is 0.242 e. The standard InChI is InChI=1S/C25H35N3O4S/c1-19(2)26-25(30)21(4)27(18-22-10-7-6-8-11-22)24(29)12-9-17-28(33(5,31)32)23-15-13-20(3)14-16-23/h6-8,10-11,13-16,19,21H,9,12,17-18H2,1-5H3,(H,26,30)/t21-/m1/s1. The van der Waals surface area contributed by atoms with Crippen molar-refractivity contribution in [3.63, 3.8) is 0 Å². The Bertz CT molecular complexity index is 1020. The summed E-state index contributed by atoms with van der Waals surface area (Å²) in [7, 11) is -3.50. The lowest BCUT2D eigenvalue weighted by atomic mass is 10.1. The van der Waals surface area contributed by atoms with Crippen molar-refractivity contribution < 1.29 is 18.0 Å². The minimum atomic E-state index is -3.50. The van der Waals surface area contributed by atoms with Crippen molar-refractivity contribution in [2.24, 2.45) is 0 Å². The molecular weight excluding hydrogens is 438 g/mol. The van der Waals surface area contributed by atoms with Crippen molar-refractivity contribution in [1.82, 2.24) is 10.2 Å². The molecule has 0 spiro atoms. The minimum Gasteiger partial charge on any atom is -0.352 e. The molecule has 2 amide bonds. The van der Waals surface area contributed by atoms with Gasteiger partial charge in [0.15, 0.2) is 0 Å². The monoisotopic (exact) mass is 473 g/mol. The molecule has 180 valence electrons. The molecule has 2 rings (SSSR count). The van der Waals surface area contributed by atoms with E-state index in [4.69, 9.17) is 0 Å². The maximum Gasteiger partial charge on any atom is 0.242 e. The molecule has 0 heterocycles. The van der Waals surface area contributed by atoms with E-state index < -0.39 is 16.1 Å². The molecule has 33 heavy (non-hydrogen) atoms. The van der Waals surface area contributed by atoms with Gasteiger partial charge in [0.2, 0.25) is 21.8 Å². The zero-order valence-corrected chi connectivity index (χ0v) is 20.9. The maximum atomic E-state index is 13.2. The molecule has 0 aliphatic heterocycles. The van der Waals surface area contributed by atoms with Crippen molar-refractivity contribution in [2.75, 3.05) is 17.1 Å². The van der Waals surface area contributed by atoms with Crippen molar-refractivity contribution in [3.05, 3.63) is 65.7 Å². The molecule has 0 radical (unpaired) electrons. The molecule has 1 N–H and O–H groups in total. The molecule has 0 fully saturated rings. The van der Waals surface area contributed by atoms with Crippen molar-refractivity contribution >= 4 is 27.5 Å². The van der Waals surface area contributed by atoms with Gasteiger partial charge in [0.25, 0.3) is 0 Å². The SMILES string of the molecule is Cc1ccc(N(CCCC(=O)N(Cc2ccccc2)[C@H](C)C(=O)NC(C)C)S(C)(=O)=O)cc1. The van der Waals surface area contributed by atoms with Crippen LogP contribution in [0.25, 0.3) is 0 Å². The Balaban J connectivity index is 2.13. The molecule has 2 aromatic carbocycles. The number of aryl methyl sites for hydroxylation is 1. The molecule has 0 aliphatic carbocycles. The van der Waals surface area contributed by atoms with Crippen molar-refractivity contribution in [1.29, 1.82) is 0 Å². The first-order valence-corrected chi connectivity index (χ1v) is 13.0. The fourth-order valence-electron chi connectivity index (χ4n) is 3.48. The number of rotatable bonds is 11. The van der Waals surface area contributed by atoms with Crippen LogP contribution in [0.4, 0.5) is 5.69 Å². The van der Waals surface area contributed by atoms with E-state index in [-0.39, 0.29) is 30.8 Å². The third-order valence-electron chi connectivity index (χ3n) is 5.27. The number of amides is 2. The highest BCUT2D eigenvalue weighted by Crippen LogP contribution is 2.19. The van der Waals surface area contributed by atoms with E-state index in [1.165, 1.54) is 4.31 Å². The van der Waals surface area contributed by atoms with Gasteiger partial charge in [0.1, 0.15) is 6.04 Å². The average molecular weight is 474 g/mol. The lowest BCUT2D eigenvalue weighted by Crippen LogP contribution is -2.49. The number of benzene rings is 2. The fraction of sp³-hybridized carbons (Fsp3) is 0.440. The molecule has 0 saturated carbocycles. The highest BCUT2D eigenvalue weighted by molar-refractivity contribution is 7.92. The largest absolute Gasteiger partial charge is 0.352 e. The van der Waals surface area contributed by atoms with Crippen molar-refractivity contribution in [3.8, 4) is 0 Å². The number of nitrogens with one attached hydrogen (secondary N) is 1. The van der Waals surface area contributed by atoms with Gasteiger partial charge in [-0.05, 0) is 51.8 Å². The second kappa shape index (κ2) is 11.8. The quantitative estimate of drug-likeness (QED) is 0.541. The zero-order chi connectivity index (χ0) is 24.6. The van der Waals surface area contributed by atoms with Crippen LogP contribution >= 0.6 is 0 Å². The van der Waals surface area contributed by atoms with E-state index in [0.717, 1.165) is 17.4 Å². The van der Waals surface area contributed by atoms with Crippen LogP contribution in [0.15, 0.2) is 54.6 Å². The first kappa shape index (κ1) is 26.4. The topological polar surface area (TPSA) is 86.8 Å². The Kier molecular flexibility index (Phi) is 9.46. The number of hydrogen-bond donors (Lipinski definition) is 1. The van der Waals surface area contributed by atoms with Crippen LogP contribution in [-0.2, 0) is 26.2 Å². The van der Waals surface area contributed by atoms with Gasteiger partial charge < -0.3 is 10.2 Å². The van der Waals surface area contributed by atoms with Crippen LogP contribution in [0.1, 0.15) is 44.7 Å². The predicted octanol–water partition coefficient (Wildman–Crippen LogP) is 3.48. The zero-order valence-electron chi connectivity index (χ0n) is 20.1. The van der Waals surface area contributed by atoms with Crippen LogP contribution < -0.4 is 9.62 Å². The molecule has 0 unspecified atom stereocenters. The van der Waals surface area contributed by atoms with Gasteiger partial charge in [-0.1, -0.05) is 48.0 Å². The van der Waals surface area contributed by atoms with E-state index in [1.54, 1.807) is 24.0 Å². The second-order valence-corrected chi connectivity index (χ2v) is 10.5. The van der Waals surface area contributed by atoms with Crippen molar-refractivity contribution in [2.45, 2.75) is 59.2 Å². The Morgan fingerprint density at radius 1 is 0.970 bits per heavy atom. The first-order chi connectivity index (χ1) is 15.5. The molecule has 8 heteroatoms. The molecule has 0 saturated heterocycles. The first-order valence-electron chi connectivity index (χ1n) is 11.2. The van der Waals surface area contributed by atoms with E-state index in [9.17, 15) is 18.0 Å². The third kappa shape index (κ3) is 8.20. The molecule has 0 bridgehead atoms. The van der Waals surface area contributed by atoms with Crippen LogP contribution in [0, 0.1) is 6.92 Å². The van der Waals surface area contributed by atoms with E-state index in [1.807, 2.05) is 63.2 Å². The molecule has 7 nitrogen and oxygen atoms in total. The Morgan fingerprint density at radius 2 is 1.58 bits per heavy atom. The van der Waals surface area contributed by atoms with Gasteiger partial charge in [-0.25, -0.2) is 8.42 Å². The second-order valence-electron chi connectivity index (χ2n) is 8.62. The maximum absolute atomic E-state index is 13.2. The van der Waals surface area contributed by atoms with Crippen LogP contribution in [0.2, 0.25) is 0 Å². The number of anilines is 1. The summed E-state index contributed by atoms with van der Waals surface area (Å²) in [6.45, 7) is 7.88. The van der Waals surface area contributed by atoms with E-state index >= 15 is 0 Å². The molecule has 0 aliphatic rings. The number of hydrogen-bond acceptors (Lipinski definition) is 4.